The summed E-state index contributed by atoms with van der Waals surface area (Å²) in [5.41, 5.74) is -0.474. The van der Waals surface area contributed by atoms with Crippen molar-refractivity contribution in [3.8, 4) is 5.75 Å². The number of phenolic OH excluding ortho intramolecular Hbond substituents is 1. The zero-order valence-corrected chi connectivity index (χ0v) is 15.9. The molecule has 7 heteroatoms. The molecule has 146 valence electrons. The van der Waals surface area contributed by atoms with Crippen LogP contribution in [0.15, 0.2) is 24.3 Å². The van der Waals surface area contributed by atoms with Gasteiger partial charge in [-0.25, -0.2) is 0 Å². The third kappa shape index (κ3) is 3.00. The molecular weight excluding hydrogens is 348 g/mol. The second-order valence-electron chi connectivity index (χ2n) is 7.25. The van der Waals surface area contributed by atoms with E-state index in [2.05, 4.69) is 5.32 Å². The molecule has 2 saturated heterocycles. The van der Waals surface area contributed by atoms with Gasteiger partial charge in [-0.1, -0.05) is 31.9 Å². The summed E-state index contributed by atoms with van der Waals surface area (Å²) < 4.78 is 5.33. The lowest BCUT2D eigenvalue weighted by Crippen LogP contribution is -2.56. The van der Waals surface area contributed by atoms with Crippen LogP contribution in [-0.4, -0.2) is 47.0 Å². The molecule has 2 aliphatic rings. The van der Waals surface area contributed by atoms with Crippen LogP contribution in [0.2, 0.25) is 0 Å². The van der Waals surface area contributed by atoms with Crippen LogP contribution in [0.3, 0.4) is 0 Å². The molecule has 7 nitrogen and oxygen atoms in total. The summed E-state index contributed by atoms with van der Waals surface area (Å²) in [5, 5.41) is 12.9. The topological polar surface area (TPSA) is 95.9 Å². The second kappa shape index (κ2) is 7.31. The highest BCUT2D eigenvalue weighted by Crippen LogP contribution is 2.50. The molecule has 0 radical (unpaired) electrons. The normalized spacial score (nSPS) is 29.9. The lowest BCUT2D eigenvalue weighted by molar-refractivity contribution is -0.156. The molecule has 0 unspecified atom stereocenters. The number of amides is 2. The van der Waals surface area contributed by atoms with E-state index in [1.165, 1.54) is 19.2 Å². The third-order valence-electron chi connectivity index (χ3n) is 5.69. The number of aromatic hydroxyl groups is 1. The molecule has 1 aromatic rings. The molecule has 4 atom stereocenters. The number of likely N-dealkylation sites (tertiary alicyclic amines) is 1. The number of imide groups is 1. The number of hydrogen-bond donors (Lipinski definition) is 2. The summed E-state index contributed by atoms with van der Waals surface area (Å²) in [6, 6.07) is 5.99. The first-order chi connectivity index (χ1) is 12.9. The van der Waals surface area contributed by atoms with Crippen molar-refractivity contribution in [1.29, 1.82) is 0 Å². The smallest absolute Gasteiger partial charge is 0.327 e. The number of hydrogen-bond acceptors (Lipinski definition) is 6. The number of nitrogens with one attached hydrogen (secondary N) is 1. The van der Waals surface area contributed by atoms with Crippen LogP contribution in [0.25, 0.3) is 0 Å². The van der Waals surface area contributed by atoms with E-state index in [1.807, 2.05) is 6.92 Å². The number of nitrogens with zero attached hydrogens (tertiary/aromatic N) is 1. The average molecular weight is 374 g/mol. The minimum absolute atomic E-state index is 0.113. The van der Waals surface area contributed by atoms with Gasteiger partial charge < -0.3 is 9.84 Å². The molecular formula is C20H26N2O5. The molecule has 27 heavy (non-hydrogen) atoms. The number of ether oxygens (including phenoxy) is 1. The molecule has 2 N–H and O–H groups in total. The van der Waals surface area contributed by atoms with E-state index in [0.29, 0.717) is 6.42 Å². The van der Waals surface area contributed by atoms with Gasteiger partial charge in [-0.05, 0) is 31.0 Å². The first-order valence-corrected chi connectivity index (χ1v) is 9.42. The Labute approximate surface area is 158 Å². The van der Waals surface area contributed by atoms with Crippen LogP contribution in [-0.2, 0) is 19.1 Å². The molecule has 2 amide bonds. The van der Waals surface area contributed by atoms with Gasteiger partial charge >= 0.3 is 5.97 Å². The summed E-state index contributed by atoms with van der Waals surface area (Å²) in [6.45, 7) is 3.94. The zero-order valence-electron chi connectivity index (χ0n) is 15.9. The quantitative estimate of drug-likeness (QED) is 0.582. The van der Waals surface area contributed by atoms with Gasteiger partial charge in [0.25, 0.3) is 0 Å². The molecule has 2 heterocycles. The number of phenols is 1. The maximum absolute atomic E-state index is 13.0. The fraction of sp³-hybridized carbons (Fsp3) is 0.550. The zero-order chi connectivity index (χ0) is 19.8. The Kier molecular flexibility index (Phi) is 5.24. The predicted molar refractivity (Wildman–Crippen MR) is 97.6 cm³/mol. The summed E-state index contributed by atoms with van der Waals surface area (Å²) in [5.74, 6) is -2.47. The minimum atomic E-state index is -1.23. The van der Waals surface area contributed by atoms with Crippen LogP contribution < -0.4 is 5.32 Å². The first kappa shape index (κ1) is 19.4. The van der Waals surface area contributed by atoms with E-state index in [4.69, 9.17) is 4.74 Å². The highest BCUT2D eigenvalue weighted by atomic mass is 16.5. The maximum Gasteiger partial charge on any atom is 0.327 e. The monoisotopic (exact) mass is 374 g/mol. The van der Waals surface area contributed by atoms with E-state index in [-0.39, 0.29) is 24.2 Å². The maximum atomic E-state index is 13.0. The third-order valence-corrected chi connectivity index (χ3v) is 5.69. The lowest BCUT2D eigenvalue weighted by atomic mass is 9.76. The van der Waals surface area contributed by atoms with Gasteiger partial charge in [-0.3, -0.25) is 24.6 Å². The SMILES string of the molecule is CCCC[C@@]1(C(=O)OCC)N[C@@H](c2ccc(O)cc2)[C@H]2C(=O)N(C)C(=O)[C@H]21. The number of rotatable bonds is 6. The van der Waals surface area contributed by atoms with Crippen molar-refractivity contribution >= 4 is 17.8 Å². The van der Waals surface area contributed by atoms with Crippen LogP contribution in [0, 0.1) is 11.8 Å². The minimum Gasteiger partial charge on any atom is -0.508 e. The van der Waals surface area contributed by atoms with Gasteiger partial charge in [0.05, 0.1) is 18.4 Å². The van der Waals surface area contributed by atoms with E-state index < -0.39 is 29.4 Å². The van der Waals surface area contributed by atoms with E-state index in [0.717, 1.165) is 23.3 Å². The Bertz CT molecular complexity index is 747. The van der Waals surface area contributed by atoms with Crippen molar-refractivity contribution in [1.82, 2.24) is 10.2 Å². The highest BCUT2D eigenvalue weighted by Gasteiger charge is 2.67. The molecule has 2 fully saturated rings. The number of carbonyl (C=O) groups is 3. The van der Waals surface area contributed by atoms with Crippen molar-refractivity contribution < 1.29 is 24.2 Å². The van der Waals surface area contributed by atoms with Gasteiger partial charge in [-0.15, -0.1) is 0 Å². The van der Waals surface area contributed by atoms with Gasteiger partial charge in [-0.2, -0.15) is 0 Å². The van der Waals surface area contributed by atoms with Crippen LogP contribution in [0.5, 0.6) is 5.75 Å². The predicted octanol–water partition coefficient (Wildman–Crippen LogP) is 1.76. The van der Waals surface area contributed by atoms with Gasteiger partial charge in [0, 0.05) is 13.1 Å². The second-order valence-corrected chi connectivity index (χ2v) is 7.25. The van der Waals surface area contributed by atoms with Crippen molar-refractivity contribution in [2.75, 3.05) is 13.7 Å². The molecule has 0 saturated carbocycles. The largest absolute Gasteiger partial charge is 0.508 e. The van der Waals surface area contributed by atoms with E-state index >= 15 is 0 Å². The molecule has 0 bridgehead atoms. The van der Waals surface area contributed by atoms with Gasteiger partial charge in [0.1, 0.15) is 11.3 Å². The fourth-order valence-electron chi connectivity index (χ4n) is 4.35. The van der Waals surface area contributed by atoms with Gasteiger partial charge in [0.2, 0.25) is 11.8 Å². The summed E-state index contributed by atoms with van der Waals surface area (Å²) in [7, 11) is 1.46. The summed E-state index contributed by atoms with van der Waals surface area (Å²) >= 11 is 0. The van der Waals surface area contributed by atoms with Gasteiger partial charge in [0.15, 0.2) is 0 Å². The standard InChI is InChI=1S/C20H26N2O5/c1-4-6-11-20(19(26)27-5-2)15-14(17(24)22(3)18(15)25)16(21-20)12-7-9-13(23)10-8-12/h7-10,14-16,21,23H,4-6,11H2,1-3H3/t14-,15-,16-,20+/m0/s1. The number of benzene rings is 1. The Hall–Kier alpha value is -2.41. The molecule has 0 aliphatic carbocycles. The van der Waals surface area contributed by atoms with E-state index in [9.17, 15) is 19.5 Å². The van der Waals surface area contributed by atoms with Crippen LogP contribution in [0.4, 0.5) is 0 Å². The summed E-state index contributed by atoms with van der Waals surface area (Å²) in [4.78, 5) is 39.9. The highest BCUT2D eigenvalue weighted by molar-refractivity contribution is 6.09. The molecule has 1 aromatic carbocycles. The van der Waals surface area contributed by atoms with Crippen molar-refractivity contribution in [3.63, 3.8) is 0 Å². The Morgan fingerprint density at radius 3 is 2.48 bits per heavy atom. The molecule has 0 aromatic heterocycles. The first-order valence-electron chi connectivity index (χ1n) is 9.42. The fourth-order valence-corrected chi connectivity index (χ4v) is 4.35. The molecule has 0 spiro atoms. The van der Waals surface area contributed by atoms with E-state index in [1.54, 1.807) is 19.1 Å². The number of unbranched alkanes of at least 4 members (excludes halogenated alkanes) is 1. The van der Waals surface area contributed by atoms with Crippen molar-refractivity contribution in [2.24, 2.45) is 11.8 Å². The number of esters is 1. The lowest BCUT2D eigenvalue weighted by Gasteiger charge is -2.32. The van der Waals surface area contributed by atoms with Crippen molar-refractivity contribution in [3.05, 3.63) is 29.8 Å². The Morgan fingerprint density at radius 1 is 1.22 bits per heavy atom. The average Bonchev–Trinajstić information content (AvgIpc) is 3.11. The summed E-state index contributed by atoms with van der Waals surface area (Å²) in [6.07, 6.45) is 2.00. The van der Waals surface area contributed by atoms with Crippen molar-refractivity contribution in [2.45, 2.75) is 44.7 Å². The Balaban J connectivity index is 2.10. The van der Waals surface area contributed by atoms with Crippen LogP contribution in [0.1, 0.15) is 44.7 Å². The molecule has 2 aliphatic heterocycles. The Morgan fingerprint density at radius 2 is 1.89 bits per heavy atom. The number of fused-ring (bicyclic) bond motifs is 1. The molecule has 3 rings (SSSR count). The number of carbonyl (C=O) groups excluding carboxylic acids is 3. The van der Waals surface area contributed by atoms with Crippen LogP contribution >= 0.6 is 0 Å².